The van der Waals surface area contributed by atoms with Crippen molar-refractivity contribution in [2.45, 2.75) is 24.8 Å². The minimum absolute atomic E-state index is 0.0126. The highest BCUT2D eigenvalue weighted by Crippen LogP contribution is 2.25. The lowest BCUT2D eigenvalue weighted by atomic mass is 9.89. The van der Waals surface area contributed by atoms with Gasteiger partial charge in [-0.15, -0.1) is 0 Å². The van der Waals surface area contributed by atoms with E-state index in [4.69, 9.17) is 16.3 Å². The Morgan fingerprint density at radius 3 is 2.61 bits per heavy atom. The SMILES string of the molecule is COCCN(C)CC1(CCC(=O)N2CCN(c3cccc(Cl)c3)CC2)NC(=O)CC1=O. The molecule has 1 unspecified atom stereocenters. The fraction of sp³-hybridized carbons (Fsp3) is 0.591. The molecule has 3 rings (SSSR count). The van der Waals surface area contributed by atoms with Crippen LogP contribution in [-0.2, 0) is 19.1 Å². The molecule has 9 heteroatoms. The molecule has 0 bridgehead atoms. The number of methoxy groups -OCH3 is 1. The van der Waals surface area contributed by atoms with Crippen LogP contribution in [0.2, 0.25) is 5.02 Å². The maximum atomic E-state index is 12.9. The number of carbonyl (C=O) groups excluding carboxylic acids is 3. The largest absolute Gasteiger partial charge is 0.383 e. The molecule has 0 aliphatic carbocycles. The number of amides is 2. The van der Waals surface area contributed by atoms with Crippen LogP contribution >= 0.6 is 11.6 Å². The predicted octanol–water partition coefficient (Wildman–Crippen LogP) is 1.17. The molecule has 1 N–H and O–H groups in total. The smallest absolute Gasteiger partial charge is 0.228 e. The first kappa shape index (κ1) is 23.5. The van der Waals surface area contributed by atoms with Gasteiger partial charge in [-0.1, -0.05) is 17.7 Å². The molecule has 170 valence electrons. The lowest BCUT2D eigenvalue weighted by molar-refractivity contribution is -0.132. The highest BCUT2D eigenvalue weighted by Gasteiger charge is 2.46. The number of benzene rings is 1. The van der Waals surface area contributed by atoms with Gasteiger partial charge in [0.25, 0.3) is 0 Å². The second kappa shape index (κ2) is 10.4. The van der Waals surface area contributed by atoms with E-state index in [1.54, 1.807) is 7.11 Å². The van der Waals surface area contributed by atoms with Gasteiger partial charge < -0.3 is 24.8 Å². The molecule has 31 heavy (non-hydrogen) atoms. The van der Waals surface area contributed by atoms with Gasteiger partial charge in [-0.2, -0.15) is 0 Å². The van der Waals surface area contributed by atoms with E-state index in [2.05, 4.69) is 10.2 Å². The van der Waals surface area contributed by atoms with Crippen LogP contribution in [0.4, 0.5) is 5.69 Å². The Balaban J connectivity index is 1.55. The Morgan fingerprint density at radius 2 is 2.00 bits per heavy atom. The molecule has 2 aliphatic rings. The Labute approximate surface area is 188 Å². The van der Waals surface area contributed by atoms with Crippen molar-refractivity contribution in [3.8, 4) is 0 Å². The quantitative estimate of drug-likeness (QED) is 0.569. The van der Waals surface area contributed by atoms with Gasteiger partial charge >= 0.3 is 0 Å². The van der Waals surface area contributed by atoms with Crippen LogP contribution in [0.1, 0.15) is 19.3 Å². The van der Waals surface area contributed by atoms with Gasteiger partial charge in [0.15, 0.2) is 5.78 Å². The molecule has 0 saturated carbocycles. The molecule has 2 aliphatic heterocycles. The summed E-state index contributed by atoms with van der Waals surface area (Å²) in [6.07, 6.45) is 0.411. The number of hydrogen-bond acceptors (Lipinski definition) is 6. The van der Waals surface area contributed by atoms with Crippen molar-refractivity contribution >= 4 is 34.9 Å². The Kier molecular flexibility index (Phi) is 7.91. The summed E-state index contributed by atoms with van der Waals surface area (Å²) < 4.78 is 5.10. The molecule has 2 fully saturated rings. The third-order valence-electron chi connectivity index (χ3n) is 6.02. The van der Waals surface area contributed by atoms with Crippen LogP contribution in [0.3, 0.4) is 0 Å². The molecule has 1 aromatic carbocycles. The summed E-state index contributed by atoms with van der Waals surface area (Å²) in [7, 11) is 3.51. The summed E-state index contributed by atoms with van der Waals surface area (Å²) in [5.74, 6) is -0.397. The number of ketones is 1. The first-order valence-electron chi connectivity index (χ1n) is 10.6. The number of nitrogens with zero attached hydrogens (tertiary/aromatic N) is 3. The summed E-state index contributed by atoms with van der Waals surface area (Å²) in [5, 5.41) is 3.55. The fourth-order valence-electron chi connectivity index (χ4n) is 4.26. The lowest BCUT2D eigenvalue weighted by Gasteiger charge is -2.37. The van der Waals surface area contributed by atoms with Crippen molar-refractivity contribution in [1.29, 1.82) is 0 Å². The fourth-order valence-corrected chi connectivity index (χ4v) is 4.44. The van der Waals surface area contributed by atoms with E-state index < -0.39 is 5.54 Å². The van der Waals surface area contributed by atoms with Gasteiger partial charge in [0.05, 0.1) is 13.0 Å². The Bertz CT molecular complexity index is 812. The topological polar surface area (TPSA) is 82.2 Å². The van der Waals surface area contributed by atoms with Gasteiger partial charge in [-0.25, -0.2) is 0 Å². The van der Waals surface area contributed by atoms with Gasteiger partial charge in [0.1, 0.15) is 5.54 Å². The summed E-state index contributed by atoms with van der Waals surface area (Å²) in [6, 6.07) is 7.71. The molecule has 2 saturated heterocycles. The van der Waals surface area contributed by atoms with E-state index >= 15 is 0 Å². The highest BCUT2D eigenvalue weighted by atomic mass is 35.5. The number of hydrogen-bond donors (Lipinski definition) is 1. The number of Topliss-reactive ketones (excluding diaryl/α,β-unsaturated/α-hetero) is 1. The van der Waals surface area contributed by atoms with Crippen molar-refractivity contribution in [2.75, 3.05) is 64.9 Å². The zero-order valence-corrected chi connectivity index (χ0v) is 19.0. The second-order valence-corrected chi connectivity index (χ2v) is 8.74. The summed E-state index contributed by atoms with van der Waals surface area (Å²) >= 11 is 6.09. The molecular weight excluding hydrogens is 420 g/mol. The van der Waals surface area contributed by atoms with E-state index in [-0.39, 0.29) is 30.4 Å². The number of anilines is 1. The van der Waals surface area contributed by atoms with Crippen LogP contribution in [0.5, 0.6) is 0 Å². The van der Waals surface area contributed by atoms with Crippen LogP contribution in [0, 0.1) is 0 Å². The normalized spacial score (nSPS) is 21.7. The molecule has 0 radical (unpaired) electrons. The first-order chi connectivity index (χ1) is 14.8. The average molecular weight is 451 g/mol. The van der Waals surface area contributed by atoms with Crippen LogP contribution in [-0.4, -0.2) is 93.0 Å². The summed E-state index contributed by atoms with van der Waals surface area (Å²) in [4.78, 5) is 43.4. The van der Waals surface area contributed by atoms with Crippen LogP contribution in [0.15, 0.2) is 24.3 Å². The van der Waals surface area contributed by atoms with Gasteiger partial charge in [0.2, 0.25) is 11.8 Å². The monoisotopic (exact) mass is 450 g/mol. The van der Waals surface area contributed by atoms with Gasteiger partial charge in [-0.05, 0) is 31.7 Å². The predicted molar refractivity (Wildman–Crippen MR) is 119 cm³/mol. The molecular formula is C22H31ClN4O4. The molecule has 8 nitrogen and oxygen atoms in total. The summed E-state index contributed by atoms with van der Waals surface area (Å²) in [6.45, 7) is 4.24. The number of rotatable bonds is 9. The van der Waals surface area contributed by atoms with E-state index in [1.807, 2.05) is 41.1 Å². The van der Waals surface area contributed by atoms with Crippen molar-refractivity contribution < 1.29 is 19.1 Å². The maximum absolute atomic E-state index is 12.9. The zero-order chi connectivity index (χ0) is 22.4. The minimum atomic E-state index is -1.00. The zero-order valence-electron chi connectivity index (χ0n) is 18.2. The van der Waals surface area contributed by atoms with Crippen LogP contribution < -0.4 is 10.2 Å². The standard InChI is InChI=1S/C22H31ClN4O4/c1-25(12-13-31-2)16-22(19(28)15-20(29)24-22)7-6-21(30)27-10-8-26(9-11-27)18-5-3-4-17(23)14-18/h3-5,14H,6-13,15-16H2,1-2H3,(H,24,29). The first-order valence-corrected chi connectivity index (χ1v) is 11.0. The van der Waals surface area contributed by atoms with Gasteiger partial charge in [-0.3, -0.25) is 14.4 Å². The van der Waals surface area contributed by atoms with E-state index in [0.29, 0.717) is 44.2 Å². The van der Waals surface area contributed by atoms with E-state index in [0.717, 1.165) is 18.8 Å². The number of nitrogens with one attached hydrogen (secondary N) is 1. The molecule has 0 spiro atoms. The number of halogens is 1. The molecule has 1 aromatic rings. The van der Waals surface area contributed by atoms with Gasteiger partial charge in [0, 0.05) is 63.5 Å². The van der Waals surface area contributed by atoms with Crippen LogP contribution in [0.25, 0.3) is 0 Å². The number of ether oxygens (including phenoxy) is 1. The molecule has 2 amide bonds. The molecule has 1 atom stereocenters. The van der Waals surface area contributed by atoms with Crippen molar-refractivity contribution in [2.24, 2.45) is 0 Å². The lowest BCUT2D eigenvalue weighted by Crippen LogP contribution is -2.55. The number of likely N-dealkylation sites (N-methyl/N-ethyl adjacent to an activating group) is 1. The highest BCUT2D eigenvalue weighted by molar-refractivity contribution is 6.30. The number of carbonyl (C=O) groups is 3. The number of piperazine rings is 1. The third kappa shape index (κ3) is 5.96. The maximum Gasteiger partial charge on any atom is 0.228 e. The van der Waals surface area contributed by atoms with Crippen molar-refractivity contribution in [3.63, 3.8) is 0 Å². The summed E-state index contributed by atoms with van der Waals surface area (Å²) in [5.41, 5.74) is 0.0506. The molecule has 2 heterocycles. The van der Waals surface area contributed by atoms with Crippen molar-refractivity contribution in [3.05, 3.63) is 29.3 Å². The Hall–Kier alpha value is -2.16. The third-order valence-corrected chi connectivity index (χ3v) is 6.26. The molecule has 0 aromatic heterocycles. The minimum Gasteiger partial charge on any atom is -0.383 e. The van der Waals surface area contributed by atoms with Crippen molar-refractivity contribution in [1.82, 2.24) is 15.1 Å². The average Bonchev–Trinajstić information content (AvgIpc) is 3.03. The van der Waals surface area contributed by atoms with E-state index in [9.17, 15) is 14.4 Å². The van der Waals surface area contributed by atoms with E-state index in [1.165, 1.54) is 0 Å². The Morgan fingerprint density at radius 1 is 1.26 bits per heavy atom. The second-order valence-electron chi connectivity index (χ2n) is 8.31.